The number of ether oxygens (including phenoxy) is 2. The van der Waals surface area contributed by atoms with Gasteiger partial charge in [-0.3, -0.25) is 0 Å². The highest BCUT2D eigenvalue weighted by molar-refractivity contribution is 6.12. The van der Waals surface area contributed by atoms with E-state index in [0.717, 1.165) is 26.5 Å². The van der Waals surface area contributed by atoms with E-state index in [9.17, 15) is 9.59 Å². The molecule has 0 aliphatic heterocycles. The molecule has 0 amide bonds. The zero-order chi connectivity index (χ0) is 10.3. The van der Waals surface area contributed by atoms with Gasteiger partial charge in [-0.05, 0) is 0 Å². The molecule has 6 nitrogen and oxygen atoms in total. The lowest BCUT2D eigenvalue weighted by Crippen LogP contribution is -2.09. The van der Waals surface area contributed by atoms with E-state index >= 15 is 0 Å². The fraction of sp³-hybridized carbons (Fsp3) is 0.286. The van der Waals surface area contributed by atoms with Crippen LogP contribution in [-0.4, -0.2) is 37.6 Å². The zero-order valence-corrected chi connectivity index (χ0v) is 7.18. The maximum Gasteiger partial charge on any atom is 0.339 e. The van der Waals surface area contributed by atoms with Crippen molar-refractivity contribution in [3.63, 3.8) is 0 Å². The molecule has 6 heteroatoms. The summed E-state index contributed by atoms with van der Waals surface area (Å²) in [6.45, 7) is 0. The van der Waals surface area contributed by atoms with Crippen molar-refractivity contribution in [2.75, 3.05) is 14.2 Å². The van der Waals surface area contributed by atoms with Crippen molar-refractivity contribution in [3.05, 3.63) is 11.6 Å². The van der Waals surface area contributed by atoms with Crippen molar-refractivity contribution in [3.8, 4) is 0 Å². The van der Waals surface area contributed by atoms with E-state index in [-0.39, 0.29) is 5.57 Å². The number of carbonyl (C=O) groups is 2. The molecule has 0 spiro atoms. The number of carbonyl (C=O) groups excluding carboxylic acids is 2. The largest absolute Gasteiger partial charge is 0.466 e. The van der Waals surface area contributed by atoms with E-state index in [1.807, 2.05) is 0 Å². The van der Waals surface area contributed by atoms with Crippen molar-refractivity contribution in [1.82, 2.24) is 0 Å². The van der Waals surface area contributed by atoms with Gasteiger partial charge in [0, 0.05) is 6.08 Å². The van der Waals surface area contributed by atoms with E-state index in [0.29, 0.717) is 0 Å². The predicted octanol–water partition coefficient (Wildman–Crippen LogP) is -0.281. The molecule has 0 aromatic heterocycles. The van der Waals surface area contributed by atoms with Crippen LogP contribution in [0.1, 0.15) is 0 Å². The lowest BCUT2D eigenvalue weighted by atomic mass is 10.3. The molecule has 0 saturated heterocycles. The second kappa shape index (κ2) is 5.76. The van der Waals surface area contributed by atoms with Crippen LogP contribution in [-0.2, 0) is 19.1 Å². The summed E-state index contributed by atoms with van der Waals surface area (Å²) in [7, 11) is 2.29. The van der Waals surface area contributed by atoms with Crippen LogP contribution in [0.3, 0.4) is 0 Å². The summed E-state index contributed by atoms with van der Waals surface area (Å²) in [5.41, 5.74) is -0.197. The summed E-state index contributed by atoms with van der Waals surface area (Å²) >= 11 is 0. The highest BCUT2D eigenvalue weighted by Crippen LogP contribution is 1.94. The standard InChI is InChI=1S/C7H9NO5/c1-12-6(9)3-5(4-8-11)7(10)13-2/h3-4,11H,1-2H3/b5-3-,8-4+. The molecular weight excluding hydrogens is 178 g/mol. The Balaban J connectivity index is 4.69. The van der Waals surface area contributed by atoms with Crippen LogP contribution in [0.15, 0.2) is 16.8 Å². The molecule has 0 saturated carbocycles. The third-order valence-electron chi connectivity index (χ3n) is 1.09. The Labute approximate surface area is 74.4 Å². The smallest absolute Gasteiger partial charge is 0.339 e. The molecular formula is C7H9NO5. The molecule has 0 rings (SSSR count). The van der Waals surface area contributed by atoms with Crippen LogP contribution in [0.25, 0.3) is 0 Å². The van der Waals surface area contributed by atoms with E-state index in [1.54, 1.807) is 0 Å². The molecule has 0 aliphatic rings. The maximum atomic E-state index is 10.9. The van der Waals surface area contributed by atoms with Gasteiger partial charge in [-0.1, -0.05) is 5.16 Å². The summed E-state index contributed by atoms with van der Waals surface area (Å²) < 4.78 is 8.55. The van der Waals surface area contributed by atoms with Gasteiger partial charge in [-0.15, -0.1) is 0 Å². The van der Waals surface area contributed by atoms with Crippen LogP contribution < -0.4 is 0 Å². The van der Waals surface area contributed by atoms with E-state index in [1.165, 1.54) is 0 Å². The lowest BCUT2D eigenvalue weighted by Gasteiger charge is -1.97. The molecule has 0 bridgehead atoms. The van der Waals surface area contributed by atoms with Gasteiger partial charge in [0.25, 0.3) is 0 Å². The van der Waals surface area contributed by atoms with Crippen LogP contribution in [0, 0.1) is 0 Å². The fourth-order valence-electron chi connectivity index (χ4n) is 0.515. The van der Waals surface area contributed by atoms with E-state index in [2.05, 4.69) is 14.6 Å². The summed E-state index contributed by atoms with van der Waals surface area (Å²) in [5.74, 6) is -1.52. The molecule has 0 aromatic carbocycles. The van der Waals surface area contributed by atoms with Crippen LogP contribution in [0.4, 0.5) is 0 Å². The Morgan fingerprint density at radius 3 is 2.31 bits per heavy atom. The predicted molar refractivity (Wildman–Crippen MR) is 42.4 cm³/mol. The molecule has 72 valence electrons. The van der Waals surface area contributed by atoms with Crippen molar-refractivity contribution in [1.29, 1.82) is 0 Å². The number of hydrogen-bond donors (Lipinski definition) is 1. The van der Waals surface area contributed by atoms with Crippen molar-refractivity contribution < 1.29 is 24.3 Å². The van der Waals surface area contributed by atoms with Gasteiger partial charge in [-0.2, -0.15) is 0 Å². The topological polar surface area (TPSA) is 85.2 Å². The zero-order valence-electron chi connectivity index (χ0n) is 7.18. The molecule has 0 unspecified atom stereocenters. The first-order valence-corrected chi connectivity index (χ1v) is 3.21. The minimum absolute atomic E-state index is 0.197. The molecule has 0 atom stereocenters. The van der Waals surface area contributed by atoms with Crippen molar-refractivity contribution >= 4 is 18.2 Å². The van der Waals surface area contributed by atoms with Crippen LogP contribution in [0.2, 0.25) is 0 Å². The van der Waals surface area contributed by atoms with Gasteiger partial charge < -0.3 is 14.7 Å². The van der Waals surface area contributed by atoms with E-state index in [4.69, 9.17) is 5.21 Å². The van der Waals surface area contributed by atoms with Crippen LogP contribution >= 0.6 is 0 Å². The summed E-state index contributed by atoms with van der Waals surface area (Å²) in [4.78, 5) is 21.5. The average Bonchev–Trinajstić information content (AvgIpc) is 2.15. The molecule has 13 heavy (non-hydrogen) atoms. The highest BCUT2D eigenvalue weighted by Gasteiger charge is 2.09. The molecule has 0 aliphatic carbocycles. The molecule has 0 aromatic rings. The van der Waals surface area contributed by atoms with Gasteiger partial charge in [0.15, 0.2) is 0 Å². The second-order valence-electron chi connectivity index (χ2n) is 1.86. The number of hydrogen-bond acceptors (Lipinski definition) is 6. The van der Waals surface area contributed by atoms with Gasteiger partial charge in [-0.25, -0.2) is 9.59 Å². The highest BCUT2D eigenvalue weighted by atomic mass is 16.5. The van der Waals surface area contributed by atoms with Crippen molar-refractivity contribution in [2.24, 2.45) is 5.16 Å². The van der Waals surface area contributed by atoms with Crippen LogP contribution in [0.5, 0.6) is 0 Å². The Kier molecular flexibility index (Phi) is 4.94. The van der Waals surface area contributed by atoms with Gasteiger partial charge >= 0.3 is 11.9 Å². The third kappa shape index (κ3) is 3.90. The third-order valence-corrected chi connectivity index (χ3v) is 1.09. The Hall–Kier alpha value is -1.85. The van der Waals surface area contributed by atoms with Gasteiger partial charge in [0.05, 0.1) is 26.0 Å². The van der Waals surface area contributed by atoms with Gasteiger partial charge in [0.2, 0.25) is 0 Å². The second-order valence-corrected chi connectivity index (χ2v) is 1.86. The Morgan fingerprint density at radius 2 is 1.92 bits per heavy atom. The molecule has 0 radical (unpaired) electrons. The molecule has 1 N–H and O–H groups in total. The SMILES string of the molecule is COC(=O)/C=C(/C=N/O)C(=O)OC. The number of methoxy groups -OCH3 is 2. The minimum Gasteiger partial charge on any atom is -0.466 e. The summed E-state index contributed by atoms with van der Waals surface area (Å²) in [5, 5.41) is 10.7. The number of nitrogens with zero attached hydrogens (tertiary/aromatic N) is 1. The molecule has 0 fully saturated rings. The minimum atomic E-state index is -0.789. The van der Waals surface area contributed by atoms with E-state index < -0.39 is 11.9 Å². The normalized spacial score (nSPS) is 11.4. The summed E-state index contributed by atoms with van der Waals surface area (Å²) in [6.07, 6.45) is 1.63. The first-order valence-electron chi connectivity index (χ1n) is 3.21. The first-order chi connectivity index (χ1) is 6.15. The number of esters is 2. The fourth-order valence-corrected chi connectivity index (χ4v) is 0.515. The molecule has 0 heterocycles. The monoisotopic (exact) mass is 187 g/mol. The number of oxime groups is 1. The lowest BCUT2D eigenvalue weighted by molar-refractivity contribution is -0.138. The first kappa shape index (κ1) is 11.2. The summed E-state index contributed by atoms with van der Waals surface area (Å²) in [6, 6.07) is 0. The quantitative estimate of drug-likeness (QED) is 0.216. The average molecular weight is 187 g/mol. The Bertz CT molecular complexity index is 256. The van der Waals surface area contributed by atoms with Crippen molar-refractivity contribution in [2.45, 2.75) is 0 Å². The maximum absolute atomic E-state index is 10.9. The number of rotatable bonds is 3. The Morgan fingerprint density at radius 1 is 1.31 bits per heavy atom. The van der Waals surface area contributed by atoms with Gasteiger partial charge in [0.1, 0.15) is 0 Å².